The summed E-state index contributed by atoms with van der Waals surface area (Å²) in [6.07, 6.45) is 13.0. The molecule has 1 aliphatic carbocycles. The number of imidazole rings is 1. The smallest absolute Gasteiger partial charge is 0.251 e. The van der Waals surface area contributed by atoms with E-state index in [2.05, 4.69) is 19.4 Å². The van der Waals surface area contributed by atoms with Crippen molar-refractivity contribution in [1.29, 1.82) is 0 Å². The SMILES string of the molecule is O=C(NC(Cn1ccc2cc(O)ccc21)c1ccccn1)c1ccc2c(c1)nc(-c1ccoc1)n2C1CCCCC1. The highest BCUT2D eigenvalue weighted by Crippen LogP contribution is 2.36. The van der Waals surface area contributed by atoms with Crippen molar-refractivity contribution in [3.05, 3.63) is 103 Å². The van der Waals surface area contributed by atoms with Crippen molar-refractivity contribution in [2.24, 2.45) is 0 Å². The highest BCUT2D eigenvalue weighted by molar-refractivity contribution is 5.98. The molecular formula is C33H31N5O3. The number of aromatic nitrogens is 4. The van der Waals surface area contributed by atoms with Gasteiger partial charge in [-0.1, -0.05) is 25.3 Å². The van der Waals surface area contributed by atoms with Crippen LogP contribution >= 0.6 is 0 Å². The minimum absolute atomic E-state index is 0.186. The molecule has 1 amide bonds. The first-order valence-corrected chi connectivity index (χ1v) is 14.2. The monoisotopic (exact) mass is 545 g/mol. The summed E-state index contributed by atoms with van der Waals surface area (Å²) in [6, 6.07) is 20.7. The Morgan fingerprint density at radius 3 is 2.71 bits per heavy atom. The zero-order valence-corrected chi connectivity index (χ0v) is 22.6. The number of phenolic OH excluding ortho intramolecular Hbond substituents is 1. The van der Waals surface area contributed by atoms with Crippen LogP contribution in [0.2, 0.25) is 0 Å². The van der Waals surface area contributed by atoms with E-state index in [0.29, 0.717) is 18.2 Å². The van der Waals surface area contributed by atoms with Crippen LogP contribution < -0.4 is 5.32 Å². The van der Waals surface area contributed by atoms with E-state index in [1.807, 2.05) is 60.8 Å². The third-order valence-corrected chi connectivity index (χ3v) is 8.15. The van der Waals surface area contributed by atoms with E-state index >= 15 is 0 Å². The molecule has 1 saturated carbocycles. The van der Waals surface area contributed by atoms with E-state index in [1.165, 1.54) is 19.3 Å². The van der Waals surface area contributed by atoms with Crippen molar-refractivity contribution < 1.29 is 14.3 Å². The Hall–Kier alpha value is -4.85. The molecule has 8 nitrogen and oxygen atoms in total. The topological polar surface area (TPSA) is 98.1 Å². The predicted octanol–water partition coefficient (Wildman–Crippen LogP) is 7.03. The number of rotatable bonds is 7. The predicted molar refractivity (Wildman–Crippen MR) is 158 cm³/mol. The Morgan fingerprint density at radius 2 is 1.90 bits per heavy atom. The summed E-state index contributed by atoms with van der Waals surface area (Å²) in [4.78, 5) is 23.3. The molecule has 8 heteroatoms. The van der Waals surface area contributed by atoms with Gasteiger partial charge in [-0.05, 0) is 73.5 Å². The number of nitrogens with zero attached hydrogens (tertiary/aromatic N) is 4. The lowest BCUT2D eigenvalue weighted by atomic mass is 9.95. The molecule has 1 aliphatic rings. The molecule has 2 N–H and O–H groups in total. The van der Waals surface area contributed by atoms with Gasteiger partial charge in [0, 0.05) is 41.4 Å². The standard InChI is InChI=1S/C33H31N5O3/c39-26-10-12-30-22(18-26)13-16-37(30)20-29(27-8-4-5-15-34-27)36-33(40)23-9-11-31-28(19-23)35-32(24-14-17-41-21-24)38(31)25-6-2-1-3-7-25/h4-5,8-19,21,25,29,39H,1-3,6-7,20H2,(H,36,40). The zero-order chi connectivity index (χ0) is 27.8. The van der Waals surface area contributed by atoms with Crippen LogP contribution in [0.5, 0.6) is 5.75 Å². The van der Waals surface area contributed by atoms with E-state index in [9.17, 15) is 9.90 Å². The van der Waals surface area contributed by atoms with Crippen molar-refractivity contribution in [2.75, 3.05) is 0 Å². The Kier molecular flexibility index (Phi) is 6.51. The molecule has 1 fully saturated rings. The van der Waals surface area contributed by atoms with E-state index in [-0.39, 0.29) is 17.7 Å². The number of carbonyl (C=O) groups is 1. The lowest BCUT2D eigenvalue weighted by Crippen LogP contribution is -2.32. The van der Waals surface area contributed by atoms with Gasteiger partial charge in [0.15, 0.2) is 0 Å². The van der Waals surface area contributed by atoms with Crippen LogP contribution in [0.1, 0.15) is 60.2 Å². The molecular weight excluding hydrogens is 514 g/mol. The van der Waals surface area contributed by atoms with Crippen molar-refractivity contribution in [2.45, 2.75) is 50.7 Å². The number of hydrogen-bond donors (Lipinski definition) is 2. The fourth-order valence-corrected chi connectivity index (χ4v) is 6.12. The summed E-state index contributed by atoms with van der Waals surface area (Å²) < 4.78 is 9.80. The summed E-state index contributed by atoms with van der Waals surface area (Å²) in [5, 5.41) is 14.0. The molecule has 0 spiro atoms. The average molecular weight is 546 g/mol. The van der Waals surface area contributed by atoms with Gasteiger partial charge in [-0.3, -0.25) is 9.78 Å². The maximum absolute atomic E-state index is 13.7. The van der Waals surface area contributed by atoms with Crippen molar-refractivity contribution in [3.63, 3.8) is 0 Å². The van der Waals surface area contributed by atoms with E-state index in [4.69, 9.17) is 9.40 Å². The first-order valence-electron chi connectivity index (χ1n) is 14.2. The first-order chi connectivity index (χ1) is 20.1. The number of amides is 1. The number of hydrogen-bond acceptors (Lipinski definition) is 5. The number of carbonyl (C=O) groups excluding carboxylic acids is 1. The molecule has 0 saturated heterocycles. The van der Waals surface area contributed by atoms with Crippen LogP contribution in [0.4, 0.5) is 0 Å². The van der Waals surface area contributed by atoms with Crippen molar-refractivity contribution in [1.82, 2.24) is 24.4 Å². The van der Waals surface area contributed by atoms with Gasteiger partial charge in [0.05, 0.1) is 34.6 Å². The maximum Gasteiger partial charge on any atom is 0.251 e. The van der Waals surface area contributed by atoms with Gasteiger partial charge in [-0.25, -0.2) is 4.98 Å². The highest BCUT2D eigenvalue weighted by atomic mass is 16.3. The van der Waals surface area contributed by atoms with Gasteiger partial charge in [-0.2, -0.15) is 0 Å². The van der Waals surface area contributed by atoms with Gasteiger partial charge in [-0.15, -0.1) is 0 Å². The number of fused-ring (bicyclic) bond motifs is 2. The van der Waals surface area contributed by atoms with Crippen molar-refractivity contribution in [3.8, 4) is 17.1 Å². The third-order valence-electron chi connectivity index (χ3n) is 8.15. The second kappa shape index (κ2) is 10.6. The summed E-state index contributed by atoms with van der Waals surface area (Å²) in [5.74, 6) is 0.922. The molecule has 7 rings (SSSR count). The lowest BCUT2D eigenvalue weighted by molar-refractivity contribution is 0.0932. The van der Waals surface area contributed by atoms with Gasteiger partial charge in [0.1, 0.15) is 17.8 Å². The highest BCUT2D eigenvalue weighted by Gasteiger charge is 2.24. The molecule has 0 bridgehead atoms. The number of pyridine rings is 1. The molecule has 6 aromatic rings. The van der Waals surface area contributed by atoms with Crippen LogP contribution in [0.25, 0.3) is 33.3 Å². The molecule has 2 aromatic carbocycles. The molecule has 4 heterocycles. The second-order valence-corrected chi connectivity index (χ2v) is 10.8. The average Bonchev–Trinajstić information content (AvgIpc) is 3.76. The first kappa shape index (κ1) is 25.1. The molecule has 1 unspecified atom stereocenters. The van der Waals surface area contributed by atoms with Crippen LogP contribution in [-0.4, -0.2) is 30.1 Å². The van der Waals surface area contributed by atoms with Gasteiger partial charge >= 0.3 is 0 Å². The summed E-state index contributed by atoms with van der Waals surface area (Å²) in [7, 11) is 0. The minimum Gasteiger partial charge on any atom is -0.508 e. The number of furan rings is 1. The van der Waals surface area contributed by atoms with Crippen LogP contribution in [-0.2, 0) is 6.54 Å². The molecule has 0 radical (unpaired) electrons. The van der Waals surface area contributed by atoms with Gasteiger partial charge in [0.25, 0.3) is 5.91 Å². The van der Waals surface area contributed by atoms with Crippen LogP contribution in [0, 0.1) is 0 Å². The molecule has 41 heavy (non-hydrogen) atoms. The summed E-state index contributed by atoms with van der Waals surface area (Å²) >= 11 is 0. The zero-order valence-electron chi connectivity index (χ0n) is 22.6. The lowest BCUT2D eigenvalue weighted by Gasteiger charge is -2.25. The van der Waals surface area contributed by atoms with E-state index < -0.39 is 0 Å². The molecule has 4 aromatic heterocycles. The molecule has 1 atom stereocenters. The molecule has 0 aliphatic heterocycles. The Labute approximate surface area is 237 Å². The van der Waals surface area contributed by atoms with Crippen molar-refractivity contribution >= 4 is 27.8 Å². The Bertz CT molecular complexity index is 1810. The van der Waals surface area contributed by atoms with Crippen LogP contribution in [0.3, 0.4) is 0 Å². The van der Waals surface area contributed by atoms with E-state index in [1.54, 1.807) is 30.9 Å². The normalized spacial score (nSPS) is 14.9. The fourth-order valence-electron chi connectivity index (χ4n) is 6.12. The largest absolute Gasteiger partial charge is 0.508 e. The van der Waals surface area contributed by atoms with Gasteiger partial charge in [0.2, 0.25) is 0 Å². The minimum atomic E-state index is -0.370. The quantitative estimate of drug-likeness (QED) is 0.224. The van der Waals surface area contributed by atoms with Crippen LogP contribution in [0.15, 0.2) is 96.1 Å². The number of nitrogens with one attached hydrogen (secondary N) is 1. The number of benzene rings is 2. The fraction of sp³-hybridized carbons (Fsp3) is 0.242. The Morgan fingerprint density at radius 1 is 1.02 bits per heavy atom. The number of aromatic hydroxyl groups is 1. The second-order valence-electron chi connectivity index (χ2n) is 10.8. The third kappa shape index (κ3) is 4.86. The molecule has 206 valence electrons. The van der Waals surface area contributed by atoms with E-state index in [0.717, 1.165) is 51.9 Å². The Balaban J connectivity index is 1.22. The number of phenols is 1. The summed E-state index contributed by atoms with van der Waals surface area (Å²) in [6.45, 7) is 0.486. The maximum atomic E-state index is 13.7. The van der Waals surface area contributed by atoms with Gasteiger partial charge < -0.3 is 24.0 Å². The summed E-state index contributed by atoms with van der Waals surface area (Å²) in [5.41, 5.74) is 5.07.